The SMILES string of the molecule is C=CCNC(=O)NC(=O)COC(=O)CCn1c(C)csc1=O. The van der Waals surface area contributed by atoms with Crippen molar-refractivity contribution in [1.29, 1.82) is 0 Å². The third-order valence-electron chi connectivity index (χ3n) is 2.54. The third-order valence-corrected chi connectivity index (χ3v) is 3.42. The minimum atomic E-state index is -0.737. The van der Waals surface area contributed by atoms with Crippen LogP contribution in [0.3, 0.4) is 0 Å². The lowest BCUT2D eigenvalue weighted by atomic mass is 10.4. The van der Waals surface area contributed by atoms with Crippen molar-refractivity contribution < 1.29 is 19.1 Å². The third kappa shape index (κ3) is 5.92. The molecule has 0 aliphatic heterocycles. The number of ether oxygens (including phenoxy) is 1. The van der Waals surface area contributed by atoms with Crippen molar-refractivity contribution in [3.63, 3.8) is 0 Å². The van der Waals surface area contributed by atoms with Gasteiger partial charge in [-0.15, -0.1) is 6.58 Å². The normalized spacial score (nSPS) is 9.86. The zero-order chi connectivity index (χ0) is 16.5. The lowest BCUT2D eigenvalue weighted by Crippen LogP contribution is -2.41. The lowest BCUT2D eigenvalue weighted by molar-refractivity contribution is -0.148. The number of nitrogens with one attached hydrogen (secondary N) is 2. The highest BCUT2D eigenvalue weighted by Crippen LogP contribution is 2.01. The molecule has 0 unspecified atom stereocenters. The number of thiazole rings is 1. The molecule has 0 aliphatic rings. The number of imide groups is 1. The monoisotopic (exact) mass is 327 g/mol. The average Bonchev–Trinajstić information content (AvgIpc) is 2.79. The Labute approximate surface area is 130 Å². The van der Waals surface area contributed by atoms with Crippen LogP contribution in [0, 0.1) is 6.92 Å². The van der Waals surface area contributed by atoms with Crippen LogP contribution in [0.2, 0.25) is 0 Å². The first kappa shape index (κ1) is 17.6. The number of aryl methyl sites for hydroxylation is 1. The molecule has 1 rings (SSSR count). The molecule has 9 heteroatoms. The predicted molar refractivity (Wildman–Crippen MR) is 80.6 cm³/mol. The topological polar surface area (TPSA) is 106 Å². The molecule has 0 saturated heterocycles. The molecule has 2 N–H and O–H groups in total. The van der Waals surface area contributed by atoms with E-state index in [1.54, 1.807) is 12.3 Å². The molecule has 0 radical (unpaired) electrons. The predicted octanol–water partition coefficient (Wildman–Crippen LogP) is 0.163. The molecule has 3 amide bonds. The van der Waals surface area contributed by atoms with E-state index < -0.39 is 24.5 Å². The van der Waals surface area contributed by atoms with Crippen LogP contribution in [0.25, 0.3) is 0 Å². The maximum atomic E-state index is 11.5. The first-order chi connectivity index (χ1) is 10.4. The van der Waals surface area contributed by atoms with Gasteiger partial charge in [-0.25, -0.2) is 4.79 Å². The van der Waals surface area contributed by atoms with Gasteiger partial charge in [-0.1, -0.05) is 17.4 Å². The second-order valence-corrected chi connectivity index (χ2v) is 5.07. The Kier molecular flexibility index (Phi) is 7.03. The Hall–Kier alpha value is -2.42. The van der Waals surface area contributed by atoms with Crippen LogP contribution in [-0.4, -0.2) is 35.6 Å². The second kappa shape index (κ2) is 8.78. The van der Waals surface area contributed by atoms with Crippen molar-refractivity contribution in [1.82, 2.24) is 15.2 Å². The van der Waals surface area contributed by atoms with Crippen molar-refractivity contribution in [2.24, 2.45) is 0 Å². The van der Waals surface area contributed by atoms with Gasteiger partial charge >= 0.3 is 16.9 Å². The maximum Gasteiger partial charge on any atom is 0.321 e. The average molecular weight is 327 g/mol. The zero-order valence-electron chi connectivity index (χ0n) is 12.1. The molecule has 1 heterocycles. The number of esters is 1. The zero-order valence-corrected chi connectivity index (χ0v) is 12.9. The summed E-state index contributed by atoms with van der Waals surface area (Å²) in [6.07, 6.45) is 1.42. The van der Waals surface area contributed by atoms with Crippen molar-refractivity contribution in [3.05, 3.63) is 33.4 Å². The van der Waals surface area contributed by atoms with Crippen LogP contribution in [0.1, 0.15) is 12.1 Å². The summed E-state index contributed by atoms with van der Waals surface area (Å²) in [6, 6.07) is -0.693. The Bertz CT molecular complexity index is 619. The summed E-state index contributed by atoms with van der Waals surface area (Å²) >= 11 is 1.05. The number of rotatable bonds is 7. The summed E-state index contributed by atoms with van der Waals surface area (Å²) in [5.41, 5.74) is 0.763. The number of amides is 3. The fourth-order valence-electron chi connectivity index (χ4n) is 1.47. The smallest absolute Gasteiger partial charge is 0.321 e. The van der Waals surface area contributed by atoms with E-state index in [-0.39, 0.29) is 24.4 Å². The van der Waals surface area contributed by atoms with E-state index in [1.165, 1.54) is 10.6 Å². The van der Waals surface area contributed by atoms with Crippen molar-refractivity contribution >= 4 is 29.2 Å². The molecular formula is C13H17N3O5S. The molecule has 0 bridgehead atoms. The van der Waals surface area contributed by atoms with Crippen molar-refractivity contribution in [3.8, 4) is 0 Å². The van der Waals surface area contributed by atoms with Crippen LogP contribution in [-0.2, 0) is 20.9 Å². The Balaban J connectivity index is 2.28. The number of nitrogens with zero attached hydrogens (tertiary/aromatic N) is 1. The summed E-state index contributed by atoms with van der Waals surface area (Å²) in [5.74, 6) is -1.36. The first-order valence-corrected chi connectivity index (χ1v) is 7.31. The highest BCUT2D eigenvalue weighted by atomic mass is 32.1. The lowest BCUT2D eigenvalue weighted by Gasteiger charge is -2.07. The van der Waals surface area contributed by atoms with Crippen LogP contribution >= 0.6 is 11.3 Å². The van der Waals surface area contributed by atoms with Gasteiger partial charge in [-0.3, -0.25) is 19.7 Å². The fourth-order valence-corrected chi connectivity index (χ4v) is 2.23. The van der Waals surface area contributed by atoms with Crippen LogP contribution in [0.5, 0.6) is 0 Å². The quantitative estimate of drug-likeness (QED) is 0.548. The van der Waals surface area contributed by atoms with Crippen LogP contribution in [0.15, 0.2) is 22.8 Å². The molecule has 0 aliphatic carbocycles. The Morgan fingerprint density at radius 3 is 2.77 bits per heavy atom. The Morgan fingerprint density at radius 2 is 2.18 bits per heavy atom. The number of hydrogen-bond donors (Lipinski definition) is 2. The van der Waals surface area contributed by atoms with Crippen LogP contribution in [0.4, 0.5) is 4.79 Å². The summed E-state index contributed by atoms with van der Waals surface area (Å²) < 4.78 is 6.18. The molecule has 8 nitrogen and oxygen atoms in total. The van der Waals surface area contributed by atoms with Gasteiger partial charge in [-0.2, -0.15) is 0 Å². The first-order valence-electron chi connectivity index (χ1n) is 6.43. The van der Waals surface area contributed by atoms with Gasteiger partial charge in [-0.05, 0) is 6.92 Å². The highest BCUT2D eigenvalue weighted by molar-refractivity contribution is 7.07. The second-order valence-electron chi connectivity index (χ2n) is 4.25. The Morgan fingerprint density at radius 1 is 1.45 bits per heavy atom. The van der Waals surface area contributed by atoms with Gasteiger partial charge in [0.1, 0.15) is 0 Å². The molecule has 22 heavy (non-hydrogen) atoms. The number of hydrogen-bond acceptors (Lipinski definition) is 6. The van der Waals surface area contributed by atoms with Gasteiger partial charge in [0.25, 0.3) is 5.91 Å². The molecular weight excluding hydrogens is 310 g/mol. The van der Waals surface area contributed by atoms with E-state index >= 15 is 0 Å². The molecule has 0 spiro atoms. The van der Waals surface area contributed by atoms with Crippen molar-refractivity contribution in [2.45, 2.75) is 19.9 Å². The van der Waals surface area contributed by atoms with Gasteiger partial charge in [0.15, 0.2) is 6.61 Å². The largest absolute Gasteiger partial charge is 0.456 e. The van der Waals surface area contributed by atoms with Gasteiger partial charge < -0.3 is 14.6 Å². The minimum absolute atomic E-state index is 0.0343. The summed E-state index contributed by atoms with van der Waals surface area (Å²) in [4.78, 5) is 45.3. The standard InChI is InChI=1S/C13H17N3O5S/c1-3-5-14-12(19)15-10(17)7-21-11(18)4-6-16-9(2)8-22-13(16)20/h3,8H,1,4-7H2,2H3,(H2,14,15,17,19). The van der Waals surface area contributed by atoms with Gasteiger partial charge in [0.2, 0.25) is 0 Å². The summed E-state index contributed by atoms with van der Waals surface area (Å²) in [6.45, 7) is 5.01. The summed E-state index contributed by atoms with van der Waals surface area (Å²) in [5, 5.41) is 6.03. The van der Waals surface area contributed by atoms with Gasteiger partial charge in [0, 0.05) is 24.2 Å². The number of urea groups is 1. The molecule has 0 saturated carbocycles. The van der Waals surface area contributed by atoms with Crippen LogP contribution < -0.4 is 15.5 Å². The van der Waals surface area contributed by atoms with E-state index in [0.29, 0.717) is 0 Å². The maximum absolute atomic E-state index is 11.5. The molecule has 1 aromatic rings. The van der Waals surface area contributed by atoms with Crippen molar-refractivity contribution in [2.75, 3.05) is 13.2 Å². The van der Waals surface area contributed by atoms with E-state index in [9.17, 15) is 19.2 Å². The van der Waals surface area contributed by atoms with E-state index in [4.69, 9.17) is 4.74 Å². The molecule has 1 aromatic heterocycles. The van der Waals surface area contributed by atoms with Gasteiger partial charge in [0.05, 0.1) is 6.42 Å². The van der Waals surface area contributed by atoms with E-state index in [1.807, 2.05) is 5.32 Å². The minimum Gasteiger partial charge on any atom is -0.456 e. The van der Waals surface area contributed by atoms with E-state index in [0.717, 1.165) is 17.0 Å². The molecule has 120 valence electrons. The number of carbonyl (C=O) groups excluding carboxylic acids is 3. The molecule has 0 fully saturated rings. The summed E-state index contributed by atoms with van der Waals surface area (Å²) in [7, 11) is 0. The molecule has 0 aromatic carbocycles. The molecule has 0 atom stereocenters. The van der Waals surface area contributed by atoms with E-state index in [2.05, 4.69) is 11.9 Å². The number of carbonyl (C=O) groups is 3. The number of aromatic nitrogens is 1. The highest BCUT2D eigenvalue weighted by Gasteiger charge is 2.11. The fraction of sp³-hybridized carbons (Fsp3) is 0.385.